The van der Waals surface area contributed by atoms with Gasteiger partial charge in [-0.25, -0.2) is 13.2 Å². The topological polar surface area (TPSA) is 12.9 Å². The average molecular weight is 308 g/mol. The van der Waals surface area contributed by atoms with E-state index in [0.717, 1.165) is 0 Å². The molecule has 0 fully saturated rings. The first-order chi connectivity index (χ1) is 7.23. The van der Waals surface area contributed by atoms with E-state index in [1.54, 1.807) is 0 Å². The SMILES string of the molecule is FC(F)[C@H](F)c1cc(C(F)(F)F)ncc1Br. The first-order valence-corrected chi connectivity index (χ1v) is 4.67. The van der Waals surface area contributed by atoms with Crippen LogP contribution in [-0.4, -0.2) is 11.4 Å². The van der Waals surface area contributed by atoms with E-state index in [-0.39, 0.29) is 10.5 Å². The van der Waals surface area contributed by atoms with Gasteiger partial charge in [0, 0.05) is 16.2 Å². The molecule has 0 saturated carbocycles. The molecule has 0 aliphatic heterocycles. The zero-order chi connectivity index (χ0) is 12.5. The van der Waals surface area contributed by atoms with Gasteiger partial charge in [-0.05, 0) is 22.0 Å². The summed E-state index contributed by atoms with van der Waals surface area (Å²) < 4.78 is 73.3. The van der Waals surface area contributed by atoms with Crippen LogP contribution in [0, 0.1) is 0 Å². The molecule has 0 unspecified atom stereocenters. The number of pyridine rings is 1. The van der Waals surface area contributed by atoms with Crippen LogP contribution in [0.2, 0.25) is 0 Å². The van der Waals surface area contributed by atoms with Crippen molar-refractivity contribution in [3.8, 4) is 0 Å². The third-order valence-corrected chi connectivity index (χ3v) is 2.36. The average Bonchev–Trinajstić information content (AvgIpc) is 2.15. The van der Waals surface area contributed by atoms with Crippen LogP contribution in [0.15, 0.2) is 16.7 Å². The smallest absolute Gasteiger partial charge is 0.251 e. The minimum atomic E-state index is -4.79. The Morgan fingerprint density at radius 1 is 1.19 bits per heavy atom. The van der Waals surface area contributed by atoms with Gasteiger partial charge >= 0.3 is 6.18 Å². The van der Waals surface area contributed by atoms with Crippen LogP contribution >= 0.6 is 15.9 Å². The molecule has 1 heterocycles. The van der Waals surface area contributed by atoms with Gasteiger partial charge in [-0.15, -0.1) is 0 Å². The number of halogens is 7. The van der Waals surface area contributed by atoms with E-state index in [9.17, 15) is 26.3 Å². The molecule has 0 bridgehead atoms. The van der Waals surface area contributed by atoms with Gasteiger partial charge in [0.25, 0.3) is 6.43 Å². The van der Waals surface area contributed by atoms with Gasteiger partial charge in [0.15, 0.2) is 6.17 Å². The minimum Gasteiger partial charge on any atom is -0.251 e. The van der Waals surface area contributed by atoms with Gasteiger partial charge in [0.1, 0.15) is 5.69 Å². The Bertz CT molecular complexity index is 377. The first kappa shape index (κ1) is 13.3. The van der Waals surface area contributed by atoms with Crippen LogP contribution in [0.1, 0.15) is 17.4 Å². The van der Waals surface area contributed by atoms with E-state index in [0.29, 0.717) is 6.20 Å². The standard InChI is InChI=1S/C8H4BrF6N/c9-4-2-16-5(8(13,14)15)1-3(4)6(10)7(11)12/h1-2,6-7H/t6-/m1/s1. The van der Waals surface area contributed by atoms with Gasteiger partial charge in [-0.3, -0.25) is 4.98 Å². The summed E-state index contributed by atoms with van der Waals surface area (Å²) in [5, 5.41) is 0. The summed E-state index contributed by atoms with van der Waals surface area (Å²) in [4.78, 5) is 2.97. The van der Waals surface area contributed by atoms with E-state index in [4.69, 9.17) is 0 Å². The molecule has 1 aromatic rings. The molecular formula is C8H4BrF6N. The maximum Gasteiger partial charge on any atom is 0.433 e. The summed E-state index contributed by atoms with van der Waals surface area (Å²) in [5.74, 6) is 0. The highest BCUT2D eigenvalue weighted by Gasteiger charge is 2.34. The fourth-order valence-electron chi connectivity index (χ4n) is 0.956. The largest absolute Gasteiger partial charge is 0.433 e. The Hall–Kier alpha value is -0.790. The Kier molecular flexibility index (Phi) is 3.82. The summed E-state index contributed by atoms with van der Waals surface area (Å²) in [5.41, 5.74) is -2.17. The molecule has 0 spiro atoms. The van der Waals surface area contributed by atoms with Gasteiger partial charge < -0.3 is 0 Å². The molecule has 0 amide bonds. The summed E-state index contributed by atoms with van der Waals surface area (Å²) >= 11 is 2.66. The summed E-state index contributed by atoms with van der Waals surface area (Å²) in [6, 6.07) is 0.265. The second-order valence-corrected chi connectivity index (χ2v) is 3.68. The molecule has 0 aromatic carbocycles. The predicted molar refractivity (Wildman–Crippen MR) is 46.8 cm³/mol. The fraction of sp³-hybridized carbons (Fsp3) is 0.375. The molecular weight excluding hydrogens is 304 g/mol. The molecule has 1 nitrogen and oxygen atoms in total. The zero-order valence-electron chi connectivity index (χ0n) is 7.40. The van der Waals surface area contributed by atoms with Crippen LogP contribution in [0.3, 0.4) is 0 Å². The highest BCUT2D eigenvalue weighted by Crippen LogP contribution is 2.35. The van der Waals surface area contributed by atoms with Gasteiger partial charge in [0.05, 0.1) is 0 Å². The lowest BCUT2D eigenvalue weighted by Gasteiger charge is -2.12. The van der Waals surface area contributed by atoms with Gasteiger partial charge in [0.2, 0.25) is 0 Å². The summed E-state index contributed by atoms with van der Waals surface area (Å²) in [7, 11) is 0. The number of aromatic nitrogens is 1. The van der Waals surface area contributed by atoms with Crippen molar-refractivity contribution in [3.63, 3.8) is 0 Å². The molecule has 16 heavy (non-hydrogen) atoms. The number of rotatable bonds is 2. The fourth-order valence-corrected chi connectivity index (χ4v) is 1.39. The van der Waals surface area contributed by atoms with E-state index in [1.165, 1.54) is 0 Å². The lowest BCUT2D eigenvalue weighted by atomic mass is 10.1. The molecule has 0 aliphatic carbocycles. The Labute approximate surface area is 94.6 Å². The summed E-state index contributed by atoms with van der Waals surface area (Å²) in [6.07, 6.45) is -10.3. The van der Waals surface area contributed by atoms with Gasteiger partial charge in [-0.2, -0.15) is 13.2 Å². The monoisotopic (exact) mass is 307 g/mol. The molecule has 0 saturated heterocycles. The van der Waals surface area contributed by atoms with Crippen LogP contribution in [0.5, 0.6) is 0 Å². The molecule has 1 aromatic heterocycles. The number of hydrogen-bond donors (Lipinski definition) is 0. The molecule has 1 atom stereocenters. The lowest BCUT2D eigenvalue weighted by molar-refractivity contribution is -0.141. The first-order valence-electron chi connectivity index (χ1n) is 3.88. The maximum absolute atomic E-state index is 12.9. The van der Waals surface area contributed by atoms with Gasteiger partial charge in [-0.1, -0.05) is 0 Å². The van der Waals surface area contributed by atoms with E-state index in [2.05, 4.69) is 20.9 Å². The second-order valence-electron chi connectivity index (χ2n) is 2.83. The van der Waals surface area contributed by atoms with Crippen molar-refractivity contribution in [2.24, 2.45) is 0 Å². The Morgan fingerprint density at radius 3 is 2.19 bits per heavy atom. The van der Waals surface area contributed by atoms with Crippen molar-refractivity contribution in [1.82, 2.24) is 4.98 Å². The van der Waals surface area contributed by atoms with Crippen LogP contribution in [-0.2, 0) is 6.18 Å². The molecule has 0 aliphatic rings. The molecule has 1 rings (SSSR count). The van der Waals surface area contributed by atoms with E-state index >= 15 is 0 Å². The normalized spacial score (nSPS) is 14.2. The van der Waals surface area contributed by atoms with Crippen molar-refractivity contribution in [2.75, 3.05) is 0 Å². The van der Waals surface area contributed by atoms with Crippen molar-refractivity contribution in [2.45, 2.75) is 18.8 Å². The van der Waals surface area contributed by atoms with Crippen LogP contribution < -0.4 is 0 Å². The maximum atomic E-state index is 12.9. The van der Waals surface area contributed by atoms with Crippen molar-refractivity contribution in [1.29, 1.82) is 0 Å². The van der Waals surface area contributed by atoms with Crippen LogP contribution in [0.4, 0.5) is 26.3 Å². The van der Waals surface area contributed by atoms with Crippen molar-refractivity contribution in [3.05, 3.63) is 28.0 Å². The molecule has 8 heteroatoms. The second kappa shape index (κ2) is 4.60. The Balaban J connectivity index is 3.19. The highest BCUT2D eigenvalue weighted by atomic mass is 79.9. The van der Waals surface area contributed by atoms with Crippen LogP contribution in [0.25, 0.3) is 0 Å². The summed E-state index contributed by atoms with van der Waals surface area (Å²) in [6.45, 7) is 0. The quantitative estimate of drug-likeness (QED) is 0.748. The number of hydrogen-bond acceptors (Lipinski definition) is 1. The number of alkyl halides is 6. The van der Waals surface area contributed by atoms with Crippen molar-refractivity contribution >= 4 is 15.9 Å². The van der Waals surface area contributed by atoms with E-state index in [1.807, 2.05) is 0 Å². The highest BCUT2D eigenvalue weighted by molar-refractivity contribution is 9.10. The van der Waals surface area contributed by atoms with E-state index < -0.39 is 30.0 Å². The minimum absolute atomic E-state index is 0.228. The molecule has 0 N–H and O–H groups in total. The third kappa shape index (κ3) is 2.87. The zero-order valence-corrected chi connectivity index (χ0v) is 8.99. The molecule has 0 radical (unpaired) electrons. The molecule has 90 valence electrons. The lowest BCUT2D eigenvalue weighted by Crippen LogP contribution is -2.11. The number of nitrogens with zero attached hydrogens (tertiary/aromatic N) is 1. The van der Waals surface area contributed by atoms with Crippen molar-refractivity contribution < 1.29 is 26.3 Å². The third-order valence-electron chi connectivity index (χ3n) is 1.69. The Morgan fingerprint density at radius 2 is 1.75 bits per heavy atom. The predicted octanol–water partition coefficient (Wildman–Crippen LogP) is 4.14.